The minimum atomic E-state index is -0.363. The standard InChI is InChI=1S/C20H20BrN3O4/c21-18-6-5-17(27-18)20(26)24-11-9-23(10-12-24)8-7-22-15-13-19(25)28-16-4-2-1-3-14(15)16/h1-6,13,22H,7-12H2. The van der Waals surface area contributed by atoms with Crippen LogP contribution in [0.15, 0.2) is 60.8 Å². The number of para-hydroxylation sites is 1. The molecule has 0 atom stereocenters. The zero-order chi connectivity index (χ0) is 19.5. The van der Waals surface area contributed by atoms with Gasteiger partial charge in [-0.2, -0.15) is 0 Å². The summed E-state index contributed by atoms with van der Waals surface area (Å²) < 4.78 is 11.1. The van der Waals surface area contributed by atoms with Crippen LogP contribution in [0.25, 0.3) is 11.0 Å². The number of carbonyl (C=O) groups is 1. The average molecular weight is 446 g/mol. The van der Waals surface area contributed by atoms with E-state index in [1.165, 1.54) is 6.07 Å². The van der Waals surface area contributed by atoms with Gasteiger partial charge in [0.1, 0.15) is 5.58 Å². The first-order chi connectivity index (χ1) is 13.6. The number of halogens is 1. The first-order valence-corrected chi connectivity index (χ1v) is 9.93. The van der Waals surface area contributed by atoms with Gasteiger partial charge in [-0.3, -0.25) is 9.69 Å². The van der Waals surface area contributed by atoms with E-state index in [0.29, 0.717) is 35.6 Å². The number of amides is 1. The second kappa shape index (κ2) is 8.20. The largest absolute Gasteiger partial charge is 0.444 e. The molecule has 0 unspecified atom stereocenters. The van der Waals surface area contributed by atoms with Crippen molar-refractivity contribution in [1.29, 1.82) is 0 Å². The molecule has 0 bridgehead atoms. The maximum Gasteiger partial charge on any atom is 0.338 e. The summed E-state index contributed by atoms with van der Waals surface area (Å²) in [7, 11) is 0. The number of rotatable bonds is 5. The highest BCUT2D eigenvalue weighted by molar-refractivity contribution is 9.10. The third-order valence-electron chi connectivity index (χ3n) is 4.84. The molecular formula is C20H20BrN3O4. The van der Waals surface area contributed by atoms with Gasteiger partial charge in [0, 0.05) is 50.7 Å². The van der Waals surface area contributed by atoms with Crippen molar-refractivity contribution >= 4 is 38.5 Å². The Morgan fingerprint density at radius 2 is 1.86 bits per heavy atom. The van der Waals surface area contributed by atoms with Crippen LogP contribution in [0.4, 0.5) is 5.69 Å². The second-order valence-corrected chi connectivity index (χ2v) is 7.42. The lowest BCUT2D eigenvalue weighted by Gasteiger charge is -2.34. The van der Waals surface area contributed by atoms with Crippen molar-refractivity contribution in [1.82, 2.24) is 9.80 Å². The van der Waals surface area contributed by atoms with Crippen LogP contribution in [0.1, 0.15) is 10.6 Å². The molecule has 1 aliphatic rings. The van der Waals surface area contributed by atoms with Gasteiger partial charge < -0.3 is 19.1 Å². The predicted molar refractivity (Wildman–Crippen MR) is 110 cm³/mol. The van der Waals surface area contributed by atoms with Gasteiger partial charge in [-0.1, -0.05) is 12.1 Å². The van der Waals surface area contributed by atoms with Crippen molar-refractivity contribution in [2.75, 3.05) is 44.6 Å². The van der Waals surface area contributed by atoms with Crippen LogP contribution in [0.5, 0.6) is 0 Å². The van der Waals surface area contributed by atoms with Crippen molar-refractivity contribution < 1.29 is 13.6 Å². The number of benzene rings is 1. The molecule has 2 aromatic heterocycles. The van der Waals surface area contributed by atoms with Crippen molar-refractivity contribution in [3.63, 3.8) is 0 Å². The van der Waals surface area contributed by atoms with Crippen molar-refractivity contribution in [3.8, 4) is 0 Å². The maximum absolute atomic E-state index is 12.4. The van der Waals surface area contributed by atoms with Crippen LogP contribution in [0.2, 0.25) is 0 Å². The highest BCUT2D eigenvalue weighted by atomic mass is 79.9. The van der Waals surface area contributed by atoms with Crippen LogP contribution in [0.3, 0.4) is 0 Å². The molecule has 7 nitrogen and oxygen atoms in total. The molecule has 28 heavy (non-hydrogen) atoms. The lowest BCUT2D eigenvalue weighted by atomic mass is 10.2. The molecule has 1 N–H and O–H groups in total. The smallest absolute Gasteiger partial charge is 0.338 e. The molecule has 0 aliphatic carbocycles. The lowest BCUT2D eigenvalue weighted by molar-refractivity contribution is 0.0609. The van der Waals surface area contributed by atoms with Crippen LogP contribution in [-0.2, 0) is 0 Å². The Bertz CT molecular complexity index is 1040. The summed E-state index contributed by atoms with van der Waals surface area (Å²) in [5.74, 6) is 0.280. The van der Waals surface area contributed by atoms with Gasteiger partial charge in [-0.05, 0) is 40.2 Å². The first kappa shape index (κ1) is 18.8. The number of nitrogens with one attached hydrogen (secondary N) is 1. The molecule has 0 spiro atoms. The van der Waals surface area contributed by atoms with E-state index in [1.54, 1.807) is 18.2 Å². The number of anilines is 1. The SMILES string of the molecule is O=C(c1ccc(Br)o1)N1CCN(CCNc2cc(=O)oc3ccccc23)CC1. The minimum absolute atomic E-state index is 0.0778. The van der Waals surface area contributed by atoms with E-state index < -0.39 is 0 Å². The maximum atomic E-state index is 12.4. The molecule has 146 valence electrons. The highest BCUT2D eigenvalue weighted by Crippen LogP contribution is 2.21. The zero-order valence-electron chi connectivity index (χ0n) is 15.2. The van der Waals surface area contributed by atoms with Crippen LogP contribution in [-0.4, -0.2) is 55.0 Å². The Balaban J connectivity index is 1.29. The van der Waals surface area contributed by atoms with E-state index in [1.807, 2.05) is 23.1 Å². The molecule has 1 fully saturated rings. The lowest BCUT2D eigenvalue weighted by Crippen LogP contribution is -2.49. The molecule has 1 aliphatic heterocycles. The van der Waals surface area contributed by atoms with Crippen molar-refractivity contribution in [3.05, 3.63) is 63.3 Å². The van der Waals surface area contributed by atoms with E-state index in [4.69, 9.17) is 8.83 Å². The molecule has 3 aromatic rings. The molecule has 1 aromatic carbocycles. The van der Waals surface area contributed by atoms with Gasteiger partial charge in [-0.25, -0.2) is 4.79 Å². The summed E-state index contributed by atoms with van der Waals surface area (Å²) >= 11 is 3.22. The summed E-state index contributed by atoms with van der Waals surface area (Å²) in [6.07, 6.45) is 0. The van der Waals surface area contributed by atoms with Crippen molar-refractivity contribution in [2.24, 2.45) is 0 Å². The number of piperazine rings is 1. The number of fused-ring (bicyclic) bond motifs is 1. The van der Waals surface area contributed by atoms with Gasteiger partial charge in [0.2, 0.25) is 0 Å². The molecule has 0 radical (unpaired) electrons. The van der Waals surface area contributed by atoms with E-state index in [9.17, 15) is 9.59 Å². The quantitative estimate of drug-likeness (QED) is 0.608. The summed E-state index contributed by atoms with van der Waals surface area (Å²) in [6.45, 7) is 4.44. The Kier molecular flexibility index (Phi) is 5.50. The molecule has 8 heteroatoms. The van der Waals surface area contributed by atoms with E-state index in [0.717, 1.165) is 30.7 Å². The molecular weight excluding hydrogens is 426 g/mol. The second-order valence-electron chi connectivity index (χ2n) is 6.64. The summed E-state index contributed by atoms with van der Waals surface area (Å²) in [5.41, 5.74) is 0.996. The predicted octanol–water partition coefficient (Wildman–Crippen LogP) is 3.02. The molecule has 1 saturated heterocycles. The number of hydrogen-bond donors (Lipinski definition) is 1. The molecule has 4 rings (SSSR count). The van der Waals surface area contributed by atoms with E-state index >= 15 is 0 Å². The highest BCUT2D eigenvalue weighted by Gasteiger charge is 2.23. The van der Waals surface area contributed by atoms with Gasteiger partial charge >= 0.3 is 5.63 Å². The molecule has 0 saturated carbocycles. The Hall–Kier alpha value is -2.58. The van der Waals surface area contributed by atoms with Crippen LogP contribution in [0, 0.1) is 0 Å². The fourth-order valence-corrected chi connectivity index (χ4v) is 3.67. The van der Waals surface area contributed by atoms with Gasteiger partial charge in [-0.15, -0.1) is 0 Å². The topological polar surface area (TPSA) is 78.9 Å². The number of hydrogen-bond acceptors (Lipinski definition) is 6. The van der Waals surface area contributed by atoms with E-state index in [2.05, 4.69) is 26.1 Å². The van der Waals surface area contributed by atoms with Gasteiger partial charge in [0.05, 0.1) is 5.69 Å². The van der Waals surface area contributed by atoms with Gasteiger partial charge in [0.15, 0.2) is 10.4 Å². The number of carbonyl (C=O) groups excluding carboxylic acids is 1. The normalized spacial score (nSPS) is 15.1. The minimum Gasteiger partial charge on any atom is -0.444 e. The fourth-order valence-electron chi connectivity index (χ4n) is 3.37. The first-order valence-electron chi connectivity index (χ1n) is 9.14. The molecule has 1 amide bonds. The van der Waals surface area contributed by atoms with Gasteiger partial charge in [0.25, 0.3) is 5.91 Å². The fraction of sp³-hybridized carbons (Fsp3) is 0.300. The van der Waals surface area contributed by atoms with Crippen LogP contribution >= 0.6 is 15.9 Å². The summed E-state index contributed by atoms with van der Waals surface area (Å²) in [5, 5.41) is 4.23. The molecule has 3 heterocycles. The number of nitrogens with zero attached hydrogens (tertiary/aromatic N) is 2. The summed E-state index contributed by atoms with van der Waals surface area (Å²) in [4.78, 5) is 28.2. The van der Waals surface area contributed by atoms with Crippen molar-refractivity contribution in [2.45, 2.75) is 0 Å². The Labute approximate surface area is 170 Å². The number of furan rings is 1. The summed E-state index contributed by atoms with van der Waals surface area (Å²) in [6, 6.07) is 12.4. The Morgan fingerprint density at radius 3 is 2.61 bits per heavy atom. The van der Waals surface area contributed by atoms with E-state index in [-0.39, 0.29) is 11.5 Å². The van der Waals surface area contributed by atoms with Crippen LogP contribution < -0.4 is 10.9 Å². The zero-order valence-corrected chi connectivity index (χ0v) is 16.8. The average Bonchev–Trinajstić information content (AvgIpc) is 3.14. The third-order valence-corrected chi connectivity index (χ3v) is 5.26. The Morgan fingerprint density at radius 1 is 1.07 bits per heavy atom. The third kappa shape index (κ3) is 4.13. The monoisotopic (exact) mass is 445 g/mol.